The summed E-state index contributed by atoms with van der Waals surface area (Å²) in [5.74, 6) is -1.19. The molecule has 0 amide bonds. The SMILES string of the molecule is Cc1onc(-c2ccccc2)c1-c1nnc(/C(Cl)=C/c2ccc(F)c(F)c2)o1. The molecule has 28 heavy (non-hydrogen) atoms. The number of aromatic nitrogens is 3. The number of rotatable bonds is 4. The Hall–Kier alpha value is -3.32. The topological polar surface area (TPSA) is 65.0 Å². The molecule has 5 nitrogen and oxygen atoms in total. The average molecular weight is 400 g/mol. The van der Waals surface area contributed by atoms with Crippen LogP contribution in [0.1, 0.15) is 17.2 Å². The van der Waals surface area contributed by atoms with Crippen molar-refractivity contribution in [3.05, 3.63) is 77.4 Å². The molecular formula is C20H12ClF2N3O2. The van der Waals surface area contributed by atoms with E-state index in [2.05, 4.69) is 15.4 Å². The fourth-order valence-electron chi connectivity index (χ4n) is 2.65. The quantitative estimate of drug-likeness (QED) is 0.439. The average Bonchev–Trinajstić information content (AvgIpc) is 3.32. The number of hydrogen-bond acceptors (Lipinski definition) is 5. The smallest absolute Gasteiger partial charge is 0.259 e. The van der Waals surface area contributed by atoms with E-state index in [0.29, 0.717) is 22.6 Å². The van der Waals surface area contributed by atoms with Crippen LogP contribution in [-0.2, 0) is 0 Å². The number of benzene rings is 2. The summed E-state index contributed by atoms with van der Waals surface area (Å²) in [4.78, 5) is 0. The van der Waals surface area contributed by atoms with Crippen molar-refractivity contribution in [2.24, 2.45) is 0 Å². The van der Waals surface area contributed by atoms with Crippen molar-refractivity contribution in [2.75, 3.05) is 0 Å². The van der Waals surface area contributed by atoms with Gasteiger partial charge in [0, 0.05) is 5.56 Å². The van der Waals surface area contributed by atoms with Gasteiger partial charge in [0.2, 0.25) is 0 Å². The van der Waals surface area contributed by atoms with Gasteiger partial charge >= 0.3 is 0 Å². The van der Waals surface area contributed by atoms with Crippen LogP contribution in [0.3, 0.4) is 0 Å². The standard InChI is InChI=1S/C20H12ClF2N3O2/c1-11-17(18(26-28-11)13-5-3-2-4-6-13)20-25-24-19(27-20)14(21)9-12-7-8-15(22)16(23)10-12/h2-10H,1H3/b14-9-. The first-order valence-electron chi connectivity index (χ1n) is 8.21. The van der Waals surface area contributed by atoms with Gasteiger partial charge in [-0.05, 0) is 30.7 Å². The Morgan fingerprint density at radius 2 is 1.82 bits per heavy atom. The van der Waals surface area contributed by atoms with E-state index in [4.69, 9.17) is 20.5 Å². The minimum Gasteiger partial charge on any atom is -0.415 e. The molecule has 140 valence electrons. The molecule has 0 saturated heterocycles. The van der Waals surface area contributed by atoms with Crippen LogP contribution < -0.4 is 0 Å². The van der Waals surface area contributed by atoms with Gasteiger partial charge in [-0.15, -0.1) is 10.2 Å². The molecule has 0 bridgehead atoms. The molecule has 0 saturated carbocycles. The van der Waals surface area contributed by atoms with Crippen molar-refractivity contribution < 1.29 is 17.7 Å². The van der Waals surface area contributed by atoms with E-state index >= 15 is 0 Å². The van der Waals surface area contributed by atoms with Crippen molar-refractivity contribution in [3.8, 4) is 22.7 Å². The van der Waals surface area contributed by atoms with Crippen LogP contribution in [0, 0.1) is 18.6 Å². The maximum Gasteiger partial charge on any atom is 0.259 e. The molecule has 0 aliphatic heterocycles. The van der Waals surface area contributed by atoms with Crippen molar-refractivity contribution in [1.29, 1.82) is 0 Å². The molecule has 4 rings (SSSR count). The highest BCUT2D eigenvalue weighted by Crippen LogP contribution is 2.34. The monoisotopic (exact) mass is 399 g/mol. The van der Waals surface area contributed by atoms with Gasteiger partial charge in [0.05, 0.1) is 0 Å². The van der Waals surface area contributed by atoms with Gasteiger partial charge in [0.25, 0.3) is 11.8 Å². The van der Waals surface area contributed by atoms with Crippen LogP contribution in [0.4, 0.5) is 8.78 Å². The largest absolute Gasteiger partial charge is 0.415 e. The summed E-state index contributed by atoms with van der Waals surface area (Å²) in [6.45, 7) is 1.73. The first-order chi connectivity index (χ1) is 13.5. The van der Waals surface area contributed by atoms with Crippen molar-refractivity contribution in [1.82, 2.24) is 15.4 Å². The van der Waals surface area contributed by atoms with Crippen LogP contribution in [0.15, 0.2) is 57.5 Å². The molecule has 0 atom stereocenters. The highest BCUT2D eigenvalue weighted by atomic mass is 35.5. The lowest BCUT2D eigenvalue weighted by atomic mass is 10.1. The highest BCUT2D eigenvalue weighted by molar-refractivity contribution is 6.50. The lowest BCUT2D eigenvalue weighted by Gasteiger charge is -1.98. The van der Waals surface area contributed by atoms with Crippen molar-refractivity contribution >= 4 is 22.7 Å². The Labute approximate surface area is 163 Å². The summed E-state index contributed by atoms with van der Waals surface area (Å²) in [5, 5.41) is 12.1. The summed E-state index contributed by atoms with van der Waals surface area (Å²) in [6, 6.07) is 12.8. The zero-order chi connectivity index (χ0) is 19.7. The molecule has 0 aliphatic carbocycles. The normalized spacial score (nSPS) is 11.8. The fourth-order valence-corrected chi connectivity index (χ4v) is 2.85. The Kier molecular flexibility index (Phi) is 4.75. The summed E-state index contributed by atoms with van der Waals surface area (Å²) in [5.41, 5.74) is 2.31. The van der Waals surface area contributed by atoms with Gasteiger partial charge in [-0.25, -0.2) is 8.78 Å². The molecule has 0 aliphatic rings. The van der Waals surface area contributed by atoms with Crippen LogP contribution in [0.25, 0.3) is 33.8 Å². The van der Waals surface area contributed by atoms with E-state index < -0.39 is 11.6 Å². The first-order valence-corrected chi connectivity index (χ1v) is 8.59. The van der Waals surface area contributed by atoms with E-state index in [-0.39, 0.29) is 16.8 Å². The molecule has 2 aromatic carbocycles. The summed E-state index contributed by atoms with van der Waals surface area (Å²) < 4.78 is 37.4. The predicted octanol–water partition coefficient (Wildman–Crippen LogP) is 5.72. The summed E-state index contributed by atoms with van der Waals surface area (Å²) in [6.07, 6.45) is 1.40. The first kappa shape index (κ1) is 18.1. The number of nitrogens with zero attached hydrogens (tertiary/aromatic N) is 3. The van der Waals surface area contributed by atoms with E-state index in [1.165, 1.54) is 12.1 Å². The Morgan fingerprint density at radius 1 is 1.04 bits per heavy atom. The van der Waals surface area contributed by atoms with Crippen LogP contribution in [-0.4, -0.2) is 15.4 Å². The molecule has 0 spiro atoms. The van der Waals surface area contributed by atoms with Gasteiger partial charge in [-0.2, -0.15) is 0 Å². The molecule has 2 aromatic heterocycles. The molecule has 0 unspecified atom stereocenters. The van der Waals surface area contributed by atoms with Gasteiger partial charge in [-0.3, -0.25) is 0 Å². The Bertz CT molecular complexity index is 1170. The van der Waals surface area contributed by atoms with Gasteiger partial charge in [0.1, 0.15) is 22.0 Å². The number of halogens is 3. The van der Waals surface area contributed by atoms with E-state index in [1.807, 2.05) is 30.3 Å². The second-order valence-electron chi connectivity index (χ2n) is 5.91. The predicted molar refractivity (Wildman–Crippen MR) is 100 cm³/mol. The van der Waals surface area contributed by atoms with E-state index in [0.717, 1.165) is 17.7 Å². The molecule has 4 aromatic rings. The van der Waals surface area contributed by atoms with Gasteiger partial charge in [0.15, 0.2) is 11.6 Å². The third kappa shape index (κ3) is 3.44. The van der Waals surface area contributed by atoms with Crippen molar-refractivity contribution in [2.45, 2.75) is 6.92 Å². The van der Waals surface area contributed by atoms with Gasteiger partial charge < -0.3 is 8.94 Å². The van der Waals surface area contributed by atoms with E-state index in [1.54, 1.807) is 6.92 Å². The molecule has 0 N–H and O–H groups in total. The van der Waals surface area contributed by atoms with Gasteiger partial charge in [-0.1, -0.05) is 53.2 Å². The zero-order valence-corrected chi connectivity index (χ0v) is 15.2. The van der Waals surface area contributed by atoms with Crippen LogP contribution in [0.5, 0.6) is 0 Å². The fraction of sp³-hybridized carbons (Fsp3) is 0.0500. The zero-order valence-electron chi connectivity index (χ0n) is 14.5. The molecule has 8 heteroatoms. The lowest BCUT2D eigenvalue weighted by molar-refractivity contribution is 0.399. The summed E-state index contributed by atoms with van der Waals surface area (Å²) >= 11 is 6.21. The molecule has 0 fully saturated rings. The van der Waals surface area contributed by atoms with E-state index in [9.17, 15) is 8.78 Å². The second kappa shape index (κ2) is 7.36. The Morgan fingerprint density at radius 3 is 2.57 bits per heavy atom. The molecular weight excluding hydrogens is 388 g/mol. The van der Waals surface area contributed by atoms with Crippen LogP contribution >= 0.6 is 11.6 Å². The summed E-state index contributed by atoms with van der Waals surface area (Å²) in [7, 11) is 0. The maximum atomic E-state index is 13.4. The third-order valence-corrected chi connectivity index (χ3v) is 4.26. The lowest BCUT2D eigenvalue weighted by Crippen LogP contribution is -1.84. The molecule has 0 radical (unpaired) electrons. The Balaban J connectivity index is 1.70. The van der Waals surface area contributed by atoms with Crippen molar-refractivity contribution in [3.63, 3.8) is 0 Å². The molecule has 2 heterocycles. The second-order valence-corrected chi connectivity index (χ2v) is 6.31. The highest BCUT2D eigenvalue weighted by Gasteiger charge is 2.22. The minimum absolute atomic E-state index is 0.0287. The number of aryl methyl sites for hydroxylation is 1. The number of hydrogen-bond donors (Lipinski definition) is 0. The minimum atomic E-state index is -0.975. The van der Waals surface area contributed by atoms with Crippen LogP contribution in [0.2, 0.25) is 0 Å². The third-order valence-electron chi connectivity index (χ3n) is 3.99. The maximum absolute atomic E-state index is 13.4.